The van der Waals surface area contributed by atoms with Gasteiger partial charge in [-0.15, -0.1) is 0 Å². The molecule has 1 aliphatic rings. The largest absolute Gasteiger partial charge is 0.326 e. The van der Waals surface area contributed by atoms with Crippen molar-refractivity contribution in [1.29, 1.82) is 0 Å². The number of fused-ring (bicyclic) bond motifs is 1. The average Bonchev–Trinajstić information content (AvgIpc) is 2.78. The number of rotatable bonds is 5. The summed E-state index contributed by atoms with van der Waals surface area (Å²) in [6.07, 6.45) is 0.942. The van der Waals surface area contributed by atoms with Crippen LogP contribution in [0.4, 0.5) is 17.1 Å². The highest BCUT2D eigenvalue weighted by atomic mass is 35.5. The lowest BCUT2D eigenvalue weighted by Gasteiger charge is -2.29. The van der Waals surface area contributed by atoms with Crippen molar-refractivity contribution in [3.63, 3.8) is 0 Å². The second kappa shape index (κ2) is 9.02. The van der Waals surface area contributed by atoms with E-state index in [1.54, 1.807) is 54.6 Å². The summed E-state index contributed by atoms with van der Waals surface area (Å²) >= 11 is 5.87. The number of halogens is 1. The Morgan fingerprint density at radius 2 is 1.68 bits per heavy atom. The third-order valence-corrected chi connectivity index (χ3v) is 5.24. The summed E-state index contributed by atoms with van der Waals surface area (Å²) in [6.45, 7) is -0.0426. The van der Waals surface area contributed by atoms with E-state index < -0.39 is 0 Å². The lowest BCUT2D eigenvalue weighted by atomic mass is 10.1. The minimum atomic E-state index is -0.275. The highest BCUT2D eigenvalue weighted by Gasteiger charge is 2.27. The lowest BCUT2D eigenvalue weighted by molar-refractivity contribution is -0.116. The van der Waals surface area contributed by atoms with Crippen molar-refractivity contribution >= 4 is 46.4 Å². The molecule has 1 heterocycles. The normalized spacial score (nSPS) is 12.7. The molecule has 0 aromatic heterocycles. The van der Waals surface area contributed by atoms with Crippen LogP contribution in [0.5, 0.6) is 0 Å². The molecule has 2 N–H and O–H groups in total. The second-order valence-corrected chi connectivity index (χ2v) is 7.65. The highest BCUT2D eigenvalue weighted by molar-refractivity contribution is 6.30. The zero-order valence-electron chi connectivity index (χ0n) is 16.6. The predicted octanol–water partition coefficient (Wildman–Crippen LogP) is 4.51. The van der Waals surface area contributed by atoms with Crippen LogP contribution in [0, 0.1) is 0 Å². The quantitative estimate of drug-likeness (QED) is 0.621. The Bertz CT molecular complexity index is 1130. The van der Waals surface area contributed by atoms with Gasteiger partial charge in [0.25, 0.3) is 5.91 Å². The smallest absolute Gasteiger partial charge is 0.258 e. The summed E-state index contributed by atoms with van der Waals surface area (Å²) in [4.78, 5) is 38.6. The van der Waals surface area contributed by atoms with Crippen LogP contribution in [-0.2, 0) is 16.0 Å². The molecule has 0 saturated heterocycles. The van der Waals surface area contributed by atoms with E-state index in [0.29, 0.717) is 40.5 Å². The van der Waals surface area contributed by atoms with Gasteiger partial charge in [0.15, 0.2) is 0 Å². The van der Waals surface area contributed by atoms with Gasteiger partial charge in [-0.1, -0.05) is 35.9 Å². The summed E-state index contributed by atoms with van der Waals surface area (Å²) in [6, 6.07) is 21.2. The van der Waals surface area contributed by atoms with Crippen LogP contribution in [0.25, 0.3) is 0 Å². The molecular formula is C24H20ClN3O3. The van der Waals surface area contributed by atoms with E-state index in [-0.39, 0.29) is 24.3 Å². The van der Waals surface area contributed by atoms with Crippen molar-refractivity contribution in [2.45, 2.75) is 12.8 Å². The first-order chi connectivity index (χ1) is 15.0. The molecular weight excluding hydrogens is 414 g/mol. The van der Waals surface area contributed by atoms with Crippen LogP contribution in [0.1, 0.15) is 22.3 Å². The van der Waals surface area contributed by atoms with E-state index in [0.717, 1.165) is 5.56 Å². The fraction of sp³-hybridized carbons (Fsp3) is 0.125. The molecule has 156 valence electrons. The number of nitrogens with zero attached hydrogens (tertiary/aromatic N) is 1. The number of aryl methyl sites for hydroxylation is 1. The number of carbonyl (C=O) groups excluding carboxylic acids is 3. The van der Waals surface area contributed by atoms with Crippen molar-refractivity contribution < 1.29 is 14.4 Å². The van der Waals surface area contributed by atoms with Crippen LogP contribution in [0.15, 0.2) is 72.8 Å². The Labute approximate surface area is 184 Å². The van der Waals surface area contributed by atoms with Gasteiger partial charge in [0, 0.05) is 22.7 Å². The zero-order valence-corrected chi connectivity index (χ0v) is 17.4. The Morgan fingerprint density at radius 1 is 0.968 bits per heavy atom. The number of carbonyl (C=O) groups is 3. The van der Waals surface area contributed by atoms with Crippen molar-refractivity contribution in [1.82, 2.24) is 0 Å². The molecule has 0 unspecified atom stereocenters. The molecule has 3 aromatic carbocycles. The molecule has 1 aliphatic heterocycles. The standard InChI is InChI=1S/C24H20ClN3O3/c25-18-10-5-16(6-11-18)7-14-22(29)26-19-12-8-17(9-13-19)24(31)28-15-23(30)27-20-3-1-2-4-21(20)28/h1-6,8-13H,7,14-15H2,(H,26,29)(H,27,30). The third-order valence-electron chi connectivity index (χ3n) is 4.99. The summed E-state index contributed by atoms with van der Waals surface area (Å²) in [5, 5.41) is 6.27. The summed E-state index contributed by atoms with van der Waals surface area (Å²) in [5.74, 6) is -0.629. The monoisotopic (exact) mass is 433 g/mol. The predicted molar refractivity (Wildman–Crippen MR) is 122 cm³/mol. The first-order valence-electron chi connectivity index (χ1n) is 9.85. The SMILES string of the molecule is O=C(CCc1ccc(Cl)cc1)Nc1ccc(C(=O)N2CC(=O)Nc3ccccc32)cc1. The first-order valence-corrected chi connectivity index (χ1v) is 10.2. The Hall–Kier alpha value is -3.64. The molecule has 0 aliphatic carbocycles. The molecule has 0 atom stereocenters. The minimum Gasteiger partial charge on any atom is -0.326 e. The van der Waals surface area contributed by atoms with Gasteiger partial charge in [0.2, 0.25) is 11.8 Å². The third kappa shape index (κ3) is 4.92. The zero-order chi connectivity index (χ0) is 21.8. The number of nitrogens with one attached hydrogen (secondary N) is 2. The molecule has 3 aromatic rings. The summed E-state index contributed by atoms with van der Waals surface area (Å²) < 4.78 is 0. The fourth-order valence-corrected chi connectivity index (χ4v) is 3.52. The van der Waals surface area contributed by atoms with Crippen molar-refractivity contribution in [3.8, 4) is 0 Å². The van der Waals surface area contributed by atoms with Crippen LogP contribution < -0.4 is 15.5 Å². The molecule has 0 radical (unpaired) electrons. The maximum Gasteiger partial charge on any atom is 0.258 e. The van der Waals surface area contributed by atoms with Crippen molar-refractivity contribution in [2.24, 2.45) is 0 Å². The van der Waals surface area contributed by atoms with E-state index in [4.69, 9.17) is 11.6 Å². The maximum atomic E-state index is 13.0. The number of hydrogen-bond donors (Lipinski definition) is 2. The van der Waals surface area contributed by atoms with Gasteiger partial charge in [-0.25, -0.2) is 0 Å². The molecule has 7 heteroatoms. The van der Waals surface area contributed by atoms with Crippen LogP contribution in [-0.4, -0.2) is 24.3 Å². The van der Waals surface area contributed by atoms with Crippen molar-refractivity contribution in [2.75, 3.05) is 22.1 Å². The average molecular weight is 434 g/mol. The van der Waals surface area contributed by atoms with E-state index in [9.17, 15) is 14.4 Å². The number of anilines is 3. The summed E-state index contributed by atoms with van der Waals surface area (Å²) in [5.41, 5.74) is 3.34. The Balaban J connectivity index is 1.39. The molecule has 0 bridgehead atoms. The molecule has 0 spiro atoms. The van der Waals surface area contributed by atoms with Crippen molar-refractivity contribution in [3.05, 3.63) is 88.9 Å². The van der Waals surface area contributed by atoms with Crippen LogP contribution in [0.2, 0.25) is 5.02 Å². The summed E-state index contributed by atoms with van der Waals surface area (Å²) in [7, 11) is 0. The first kappa shape index (κ1) is 20.6. The minimum absolute atomic E-state index is 0.0426. The van der Waals surface area contributed by atoms with E-state index in [1.807, 2.05) is 18.2 Å². The van der Waals surface area contributed by atoms with Gasteiger partial charge in [-0.05, 0) is 60.5 Å². The van der Waals surface area contributed by atoms with Gasteiger partial charge in [0.05, 0.1) is 11.4 Å². The van der Waals surface area contributed by atoms with Gasteiger partial charge in [0.1, 0.15) is 6.54 Å². The van der Waals surface area contributed by atoms with Gasteiger partial charge < -0.3 is 10.6 Å². The van der Waals surface area contributed by atoms with Gasteiger partial charge in [-0.2, -0.15) is 0 Å². The Kier molecular flexibility index (Phi) is 6.00. The van der Waals surface area contributed by atoms with E-state index >= 15 is 0 Å². The van der Waals surface area contributed by atoms with Gasteiger partial charge in [-0.3, -0.25) is 19.3 Å². The topological polar surface area (TPSA) is 78.5 Å². The molecule has 4 rings (SSSR count). The lowest BCUT2D eigenvalue weighted by Crippen LogP contribution is -2.42. The molecule has 6 nitrogen and oxygen atoms in total. The number of hydrogen-bond acceptors (Lipinski definition) is 3. The second-order valence-electron chi connectivity index (χ2n) is 7.21. The maximum absolute atomic E-state index is 13.0. The number of para-hydroxylation sites is 2. The highest BCUT2D eigenvalue weighted by Crippen LogP contribution is 2.30. The molecule has 31 heavy (non-hydrogen) atoms. The van der Waals surface area contributed by atoms with Crippen LogP contribution in [0.3, 0.4) is 0 Å². The van der Waals surface area contributed by atoms with Gasteiger partial charge >= 0.3 is 0 Å². The molecule has 3 amide bonds. The molecule has 0 fully saturated rings. The molecule has 0 saturated carbocycles. The van der Waals surface area contributed by atoms with E-state index in [1.165, 1.54) is 4.90 Å². The Morgan fingerprint density at radius 3 is 2.42 bits per heavy atom. The number of benzene rings is 3. The van der Waals surface area contributed by atoms with Crippen LogP contribution >= 0.6 is 11.6 Å². The van der Waals surface area contributed by atoms with E-state index in [2.05, 4.69) is 10.6 Å². The fourth-order valence-electron chi connectivity index (χ4n) is 3.40. The number of amides is 3.